The molecule has 0 amide bonds. The van der Waals surface area contributed by atoms with Gasteiger partial charge in [-0.1, -0.05) is 34.3 Å². The van der Waals surface area contributed by atoms with Gasteiger partial charge in [0.05, 0.1) is 19.3 Å². The highest BCUT2D eigenvalue weighted by Gasteiger charge is 2.16. The number of hydrogen-bond donors (Lipinski definition) is 2. The van der Waals surface area contributed by atoms with Crippen LogP contribution in [-0.4, -0.2) is 31.3 Å². The highest BCUT2D eigenvalue weighted by atomic mass is 16.5. The van der Waals surface area contributed by atoms with Crippen molar-refractivity contribution in [3.63, 3.8) is 0 Å². The van der Waals surface area contributed by atoms with E-state index in [1.54, 1.807) is 0 Å². The van der Waals surface area contributed by atoms with Gasteiger partial charge < -0.3 is 20.9 Å². The number of carbonyl (C=O) groups excluding carboxylic acids is 1. The number of carbonyl (C=O) groups is 1. The summed E-state index contributed by atoms with van der Waals surface area (Å²) >= 11 is 0. The molecule has 0 aromatic carbocycles. The summed E-state index contributed by atoms with van der Waals surface area (Å²) in [6.45, 7) is 13.3. The molecule has 0 aliphatic carbocycles. The Morgan fingerprint density at radius 3 is 1.79 bits per heavy atom. The summed E-state index contributed by atoms with van der Waals surface area (Å²) in [7, 11) is 0. The molecule has 0 spiro atoms. The fourth-order valence-electron chi connectivity index (χ4n) is 2.39. The van der Waals surface area contributed by atoms with Crippen LogP contribution in [0.3, 0.4) is 0 Å². The van der Waals surface area contributed by atoms with Gasteiger partial charge in [-0.15, -0.1) is 0 Å². The van der Waals surface area contributed by atoms with Crippen molar-refractivity contribution in [1.29, 1.82) is 0 Å². The van der Waals surface area contributed by atoms with Crippen molar-refractivity contribution in [2.24, 2.45) is 23.3 Å². The number of ether oxygens (including phenoxy) is 2. The predicted molar refractivity (Wildman–Crippen MR) is 99.4 cm³/mol. The molecule has 0 fully saturated rings. The molecule has 24 heavy (non-hydrogen) atoms. The largest absolute Gasteiger partial charge is 0.497 e. The maximum Gasteiger partial charge on any atom is 0.322 e. The van der Waals surface area contributed by atoms with Crippen LogP contribution in [0.1, 0.15) is 66.2 Å². The van der Waals surface area contributed by atoms with E-state index < -0.39 is 6.04 Å². The molecule has 2 atom stereocenters. The lowest BCUT2D eigenvalue weighted by molar-refractivity contribution is -0.145. The minimum atomic E-state index is -0.500. The lowest BCUT2D eigenvalue weighted by atomic mass is 10.0. The second-order valence-electron chi connectivity index (χ2n) is 7.37. The van der Waals surface area contributed by atoms with Gasteiger partial charge in [-0.25, -0.2) is 0 Å². The Hall–Kier alpha value is -1.07. The molecule has 4 N–H and O–H groups in total. The lowest BCUT2D eigenvalue weighted by Crippen LogP contribution is -2.33. The molecule has 0 heterocycles. The summed E-state index contributed by atoms with van der Waals surface area (Å²) in [6, 6.07) is -0.584. The highest BCUT2D eigenvalue weighted by molar-refractivity contribution is 5.75. The molecular formula is C19H38N2O3. The van der Waals surface area contributed by atoms with Crippen LogP contribution < -0.4 is 11.5 Å². The van der Waals surface area contributed by atoms with E-state index in [9.17, 15) is 4.79 Å². The molecular weight excluding hydrogens is 304 g/mol. The molecule has 0 aromatic rings. The second kappa shape index (κ2) is 13.2. The molecule has 0 saturated carbocycles. The van der Waals surface area contributed by atoms with E-state index >= 15 is 0 Å². The van der Waals surface area contributed by atoms with Gasteiger partial charge in [-0.3, -0.25) is 4.79 Å². The lowest BCUT2D eigenvalue weighted by Gasteiger charge is -2.17. The maximum atomic E-state index is 11.6. The predicted octanol–water partition coefficient (Wildman–Crippen LogP) is 3.37. The number of esters is 1. The smallest absolute Gasteiger partial charge is 0.322 e. The maximum absolute atomic E-state index is 11.6. The minimum absolute atomic E-state index is 0.0838. The van der Waals surface area contributed by atoms with Crippen molar-refractivity contribution in [1.82, 2.24) is 0 Å². The summed E-state index contributed by atoms with van der Waals surface area (Å²) in [6.07, 6.45) is 5.40. The second-order valence-corrected chi connectivity index (χ2v) is 7.37. The van der Waals surface area contributed by atoms with E-state index in [4.69, 9.17) is 20.9 Å². The van der Waals surface area contributed by atoms with Crippen LogP contribution in [0.25, 0.3) is 0 Å². The first-order valence-electron chi connectivity index (χ1n) is 9.23. The Balaban J connectivity index is 3.54. The average molecular weight is 343 g/mol. The zero-order chi connectivity index (χ0) is 18.5. The summed E-state index contributed by atoms with van der Waals surface area (Å²) in [5.41, 5.74) is 11.8. The van der Waals surface area contributed by atoms with Crippen LogP contribution in [0.2, 0.25) is 0 Å². The number of nitrogens with two attached hydrogens (primary N) is 2. The van der Waals surface area contributed by atoms with Crippen molar-refractivity contribution in [2.75, 3.05) is 13.2 Å². The molecule has 5 heteroatoms. The summed E-state index contributed by atoms with van der Waals surface area (Å²) in [4.78, 5) is 11.6. The monoisotopic (exact) mass is 342 g/mol. The zero-order valence-electron chi connectivity index (χ0n) is 16.1. The third-order valence-corrected chi connectivity index (χ3v) is 3.74. The van der Waals surface area contributed by atoms with Gasteiger partial charge in [0.2, 0.25) is 0 Å². The van der Waals surface area contributed by atoms with Crippen molar-refractivity contribution < 1.29 is 14.3 Å². The normalized spacial score (nSPS) is 13.8. The molecule has 0 aliphatic heterocycles. The Kier molecular flexibility index (Phi) is 12.7. The van der Waals surface area contributed by atoms with E-state index in [-0.39, 0.29) is 12.0 Å². The van der Waals surface area contributed by atoms with E-state index in [1.165, 1.54) is 0 Å². The Labute approximate surface area is 148 Å². The Bertz CT molecular complexity index is 323. The molecule has 0 rings (SSSR count). The number of unbranched alkanes of at least 4 members (excludes halogenated alkanes) is 3. The fraction of sp³-hybridized carbons (Fsp3) is 0.842. The molecule has 0 radical (unpaired) electrons. The summed E-state index contributed by atoms with van der Waals surface area (Å²) in [5.74, 6) is 1.33. The Morgan fingerprint density at radius 2 is 1.29 bits per heavy atom. The first-order valence-corrected chi connectivity index (χ1v) is 9.23. The summed E-state index contributed by atoms with van der Waals surface area (Å²) < 4.78 is 10.8. The molecule has 0 bridgehead atoms. The molecule has 5 nitrogen and oxygen atoms in total. The summed E-state index contributed by atoms with van der Waals surface area (Å²) in [5, 5.41) is 0. The average Bonchev–Trinajstić information content (AvgIpc) is 2.47. The van der Waals surface area contributed by atoms with Crippen molar-refractivity contribution in [3.8, 4) is 0 Å². The van der Waals surface area contributed by atoms with Gasteiger partial charge in [0.25, 0.3) is 0 Å². The molecule has 0 aliphatic rings. The van der Waals surface area contributed by atoms with Crippen molar-refractivity contribution in [3.05, 3.63) is 12.3 Å². The van der Waals surface area contributed by atoms with Gasteiger partial charge in [-0.05, 0) is 50.4 Å². The van der Waals surface area contributed by atoms with Crippen LogP contribution in [0.15, 0.2) is 12.3 Å². The van der Waals surface area contributed by atoms with Gasteiger partial charge in [0, 0.05) is 0 Å². The first-order chi connectivity index (χ1) is 11.2. The highest BCUT2D eigenvalue weighted by Crippen LogP contribution is 2.11. The number of hydrogen-bond acceptors (Lipinski definition) is 5. The number of rotatable bonds is 14. The van der Waals surface area contributed by atoms with E-state index in [1.807, 2.05) is 13.8 Å². The van der Waals surface area contributed by atoms with Crippen molar-refractivity contribution >= 4 is 5.97 Å². The fourth-order valence-corrected chi connectivity index (χ4v) is 2.39. The van der Waals surface area contributed by atoms with Crippen LogP contribution in [0.4, 0.5) is 0 Å². The first kappa shape index (κ1) is 22.9. The minimum Gasteiger partial charge on any atom is -0.497 e. The third-order valence-electron chi connectivity index (χ3n) is 3.74. The van der Waals surface area contributed by atoms with Crippen LogP contribution in [0, 0.1) is 11.8 Å². The van der Waals surface area contributed by atoms with Crippen LogP contribution in [0.5, 0.6) is 0 Å². The molecule has 0 aromatic heterocycles. The van der Waals surface area contributed by atoms with Crippen LogP contribution >= 0.6 is 0 Å². The standard InChI is InChI=1S/C19H38N2O3/c1-14(2)12-17(20)16(5)23-10-8-6-7-9-11-24-19(22)18(21)13-15(3)4/h14-15,17-18H,5-13,20-21H2,1-4H3. The van der Waals surface area contributed by atoms with Gasteiger partial charge in [-0.2, -0.15) is 0 Å². The van der Waals surface area contributed by atoms with Crippen molar-refractivity contribution in [2.45, 2.75) is 78.3 Å². The van der Waals surface area contributed by atoms with E-state index in [0.29, 0.717) is 37.2 Å². The van der Waals surface area contributed by atoms with E-state index in [0.717, 1.165) is 32.1 Å². The van der Waals surface area contributed by atoms with Gasteiger partial charge in [0.1, 0.15) is 11.8 Å². The molecule has 142 valence electrons. The van der Waals surface area contributed by atoms with Crippen LogP contribution in [-0.2, 0) is 14.3 Å². The Morgan fingerprint density at radius 1 is 0.833 bits per heavy atom. The molecule has 0 saturated heterocycles. The zero-order valence-corrected chi connectivity index (χ0v) is 16.1. The third kappa shape index (κ3) is 12.4. The molecule has 2 unspecified atom stereocenters. The van der Waals surface area contributed by atoms with Gasteiger partial charge >= 0.3 is 5.97 Å². The SMILES string of the molecule is C=C(OCCCCCCOC(=O)C(N)CC(C)C)C(N)CC(C)C. The van der Waals surface area contributed by atoms with Gasteiger partial charge in [0.15, 0.2) is 0 Å². The van der Waals surface area contributed by atoms with E-state index in [2.05, 4.69) is 20.4 Å². The topological polar surface area (TPSA) is 87.6 Å². The quantitative estimate of drug-likeness (QED) is 0.287.